The molecule has 1 fully saturated rings. The second-order valence-corrected chi connectivity index (χ2v) is 7.85. The lowest BCUT2D eigenvalue weighted by Gasteiger charge is -2.14. The van der Waals surface area contributed by atoms with Crippen LogP contribution in [0.5, 0.6) is 5.75 Å². The normalized spacial score (nSPS) is 16.5. The van der Waals surface area contributed by atoms with Gasteiger partial charge >= 0.3 is 5.97 Å². The molecule has 0 aliphatic carbocycles. The zero-order chi connectivity index (χ0) is 20.1. The number of nitrogens with zero attached hydrogens (tertiary/aromatic N) is 1. The van der Waals surface area contributed by atoms with Crippen LogP contribution in [0, 0.1) is 0 Å². The highest BCUT2D eigenvalue weighted by Gasteiger charge is 2.31. The van der Waals surface area contributed by atoms with Gasteiger partial charge in [-0.15, -0.1) is 0 Å². The average Bonchev–Trinajstić information content (AvgIpc) is 2.95. The lowest BCUT2D eigenvalue weighted by molar-refractivity contribution is -0.145. The van der Waals surface area contributed by atoms with Crippen molar-refractivity contribution in [2.24, 2.45) is 0 Å². The van der Waals surface area contributed by atoms with Gasteiger partial charge < -0.3 is 9.84 Å². The van der Waals surface area contributed by atoms with E-state index in [1.807, 2.05) is 30.3 Å². The predicted molar refractivity (Wildman–Crippen MR) is 114 cm³/mol. The van der Waals surface area contributed by atoms with E-state index in [4.69, 9.17) is 22.1 Å². The number of benzene rings is 2. The van der Waals surface area contributed by atoms with E-state index >= 15 is 0 Å². The molecule has 1 heterocycles. The SMILES string of the molecule is CCC(Oc1ccc(/C=C2/SC(=S)N(Cc3ccccc3)C2=O)cc1)C(=O)O. The van der Waals surface area contributed by atoms with E-state index in [0.29, 0.717) is 27.9 Å². The van der Waals surface area contributed by atoms with Crippen molar-refractivity contribution in [2.75, 3.05) is 0 Å². The lowest BCUT2D eigenvalue weighted by Crippen LogP contribution is -2.27. The molecule has 1 aliphatic rings. The van der Waals surface area contributed by atoms with Crippen LogP contribution in [0.1, 0.15) is 24.5 Å². The van der Waals surface area contributed by atoms with E-state index in [9.17, 15) is 9.59 Å². The van der Waals surface area contributed by atoms with Crippen LogP contribution in [0.25, 0.3) is 6.08 Å². The number of hydrogen-bond acceptors (Lipinski definition) is 5. The van der Waals surface area contributed by atoms with Crippen LogP contribution >= 0.6 is 24.0 Å². The van der Waals surface area contributed by atoms with Crippen LogP contribution < -0.4 is 4.74 Å². The number of carbonyl (C=O) groups excluding carboxylic acids is 1. The minimum absolute atomic E-state index is 0.115. The minimum Gasteiger partial charge on any atom is -0.479 e. The Morgan fingerprint density at radius 2 is 1.89 bits per heavy atom. The van der Waals surface area contributed by atoms with Crippen molar-refractivity contribution < 1.29 is 19.4 Å². The summed E-state index contributed by atoms with van der Waals surface area (Å²) in [5.74, 6) is -0.632. The zero-order valence-corrected chi connectivity index (χ0v) is 16.8. The molecule has 28 heavy (non-hydrogen) atoms. The number of carboxylic acid groups (broad SMARTS) is 1. The van der Waals surface area contributed by atoms with E-state index in [1.54, 1.807) is 42.2 Å². The molecule has 1 N–H and O–H groups in total. The second-order valence-electron chi connectivity index (χ2n) is 6.18. The van der Waals surface area contributed by atoms with E-state index in [1.165, 1.54) is 11.8 Å². The summed E-state index contributed by atoms with van der Waals surface area (Å²) in [6, 6.07) is 16.7. The Bertz CT molecular complexity index is 910. The molecule has 0 aromatic heterocycles. The third kappa shape index (κ3) is 4.79. The van der Waals surface area contributed by atoms with Crippen LogP contribution in [0.4, 0.5) is 0 Å². The van der Waals surface area contributed by atoms with Crippen molar-refractivity contribution in [1.82, 2.24) is 4.90 Å². The first-order chi connectivity index (χ1) is 13.5. The Balaban J connectivity index is 1.70. The highest BCUT2D eigenvalue weighted by atomic mass is 32.2. The Morgan fingerprint density at radius 1 is 1.21 bits per heavy atom. The monoisotopic (exact) mass is 413 g/mol. The molecule has 0 radical (unpaired) electrons. The minimum atomic E-state index is -0.992. The molecule has 144 valence electrons. The molecule has 0 saturated carbocycles. The predicted octanol–water partition coefficient (Wildman–Crippen LogP) is 4.33. The highest BCUT2D eigenvalue weighted by Crippen LogP contribution is 2.33. The number of hydrogen-bond donors (Lipinski definition) is 1. The fourth-order valence-electron chi connectivity index (χ4n) is 2.67. The van der Waals surface area contributed by atoms with Gasteiger partial charge in [0.1, 0.15) is 10.1 Å². The maximum absolute atomic E-state index is 12.7. The van der Waals surface area contributed by atoms with Crippen LogP contribution in [-0.2, 0) is 16.1 Å². The smallest absolute Gasteiger partial charge is 0.344 e. The third-order valence-electron chi connectivity index (χ3n) is 4.16. The maximum Gasteiger partial charge on any atom is 0.344 e. The van der Waals surface area contributed by atoms with E-state index in [2.05, 4.69) is 0 Å². The summed E-state index contributed by atoms with van der Waals surface area (Å²) < 4.78 is 5.98. The molecule has 1 saturated heterocycles. The summed E-state index contributed by atoms with van der Waals surface area (Å²) in [4.78, 5) is 25.9. The lowest BCUT2D eigenvalue weighted by atomic mass is 10.2. The average molecular weight is 414 g/mol. The molecular formula is C21H19NO4S2. The van der Waals surface area contributed by atoms with Gasteiger partial charge in [0.25, 0.3) is 5.91 Å². The Morgan fingerprint density at radius 3 is 2.50 bits per heavy atom. The van der Waals surface area contributed by atoms with E-state index in [-0.39, 0.29) is 5.91 Å². The molecule has 1 unspecified atom stereocenters. The first-order valence-corrected chi connectivity index (χ1v) is 9.99. The number of carbonyl (C=O) groups is 2. The van der Waals surface area contributed by atoms with Crippen molar-refractivity contribution in [3.05, 3.63) is 70.6 Å². The molecule has 2 aromatic rings. The van der Waals surface area contributed by atoms with Gasteiger partial charge in [0.2, 0.25) is 0 Å². The summed E-state index contributed by atoms with van der Waals surface area (Å²) in [6.45, 7) is 2.20. The van der Waals surface area contributed by atoms with Crippen LogP contribution in [-0.4, -0.2) is 32.3 Å². The standard InChI is InChI=1S/C21H19NO4S2/c1-2-17(20(24)25)26-16-10-8-14(9-11-16)12-18-19(23)22(21(27)28-18)13-15-6-4-3-5-7-15/h3-12,17H,2,13H2,1H3,(H,24,25)/b18-12+. The molecule has 1 amide bonds. The molecule has 7 heteroatoms. The number of thiocarbonyl (C=S) groups is 1. The molecule has 2 aromatic carbocycles. The number of thioether (sulfide) groups is 1. The van der Waals surface area contributed by atoms with Gasteiger partial charge in [-0.2, -0.15) is 0 Å². The largest absolute Gasteiger partial charge is 0.479 e. The second kappa shape index (κ2) is 9.03. The van der Waals surface area contributed by atoms with Crippen molar-refractivity contribution in [3.8, 4) is 5.75 Å². The van der Waals surface area contributed by atoms with Crippen LogP contribution in [0.2, 0.25) is 0 Å². The Hall–Kier alpha value is -2.64. The van der Waals surface area contributed by atoms with Crippen molar-refractivity contribution in [2.45, 2.75) is 26.0 Å². The van der Waals surface area contributed by atoms with Gasteiger partial charge in [0.05, 0.1) is 11.4 Å². The fraction of sp³-hybridized carbons (Fsp3) is 0.190. The summed E-state index contributed by atoms with van der Waals surface area (Å²) in [6.07, 6.45) is 1.28. The van der Waals surface area contributed by atoms with Gasteiger partial charge in [-0.05, 0) is 35.8 Å². The summed E-state index contributed by atoms with van der Waals surface area (Å²) in [7, 11) is 0. The molecule has 3 rings (SSSR count). The number of carboxylic acids is 1. The first kappa shape index (κ1) is 20.1. The summed E-state index contributed by atoms with van der Waals surface area (Å²) in [5.41, 5.74) is 1.83. The Kier molecular flexibility index (Phi) is 6.49. The quantitative estimate of drug-likeness (QED) is 0.538. The van der Waals surface area contributed by atoms with Gasteiger partial charge in [0, 0.05) is 0 Å². The van der Waals surface area contributed by atoms with Crippen LogP contribution in [0.3, 0.4) is 0 Å². The van der Waals surface area contributed by atoms with Crippen molar-refractivity contribution in [3.63, 3.8) is 0 Å². The Labute approximate surface area is 173 Å². The van der Waals surface area contributed by atoms with Crippen LogP contribution in [0.15, 0.2) is 59.5 Å². The number of amides is 1. The summed E-state index contributed by atoms with van der Waals surface area (Å²) >= 11 is 6.65. The fourth-order valence-corrected chi connectivity index (χ4v) is 3.92. The number of ether oxygens (including phenoxy) is 1. The van der Waals surface area contributed by atoms with Gasteiger partial charge in [-0.25, -0.2) is 4.79 Å². The van der Waals surface area contributed by atoms with Gasteiger partial charge in [0.15, 0.2) is 6.10 Å². The molecule has 0 spiro atoms. The molecule has 0 bridgehead atoms. The maximum atomic E-state index is 12.7. The number of aliphatic carboxylic acids is 1. The summed E-state index contributed by atoms with van der Waals surface area (Å²) in [5, 5.41) is 9.07. The first-order valence-electron chi connectivity index (χ1n) is 8.76. The van der Waals surface area contributed by atoms with Crippen molar-refractivity contribution in [1.29, 1.82) is 0 Å². The van der Waals surface area contributed by atoms with Gasteiger partial charge in [-0.3, -0.25) is 9.69 Å². The molecular weight excluding hydrogens is 394 g/mol. The molecule has 5 nitrogen and oxygen atoms in total. The molecule has 1 aliphatic heterocycles. The van der Waals surface area contributed by atoms with E-state index < -0.39 is 12.1 Å². The topological polar surface area (TPSA) is 66.8 Å². The third-order valence-corrected chi connectivity index (χ3v) is 5.54. The highest BCUT2D eigenvalue weighted by molar-refractivity contribution is 8.26. The molecule has 1 atom stereocenters. The van der Waals surface area contributed by atoms with Gasteiger partial charge in [-0.1, -0.05) is 73.4 Å². The van der Waals surface area contributed by atoms with Crippen molar-refractivity contribution >= 4 is 46.3 Å². The van der Waals surface area contributed by atoms with E-state index in [0.717, 1.165) is 11.1 Å². The zero-order valence-electron chi connectivity index (χ0n) is 15.2. The number of rotatable bonds is 7.